The van der Waals surface area contributed by atoms with E-state index in [1.54, 1.807) is 18.2 Å². The molecule has 112 valence electrons. The lowest BCUT2D eigenvalue weighted by Gasteiger charge is -2.10. The highest BCUT2D eigenvalue weighted by atomic mass is 16.4. The van der Waals surface area contributed by atoms with Crippen molar-refractivity contribution in [1.29, 1.82) is 0 Å². The number of carboxylic acid groups (broad SMARTS) is 1. The van der Waals surface area contributed by atoms with Crippen LogP contribution in [-0.4, -0.2) is 28.9 Å². The quantitative estimate of drug-likeness (QED) is 0.667. The minimum Gasteiger partial charge on any atom is -0.480 e. The normalized spacial score (nSPS) is 11.3. The van der Waals surface area contributed by atoms with Crippen molar-refractivity contribution < 1.29 is 19.5 Å². The standard InChI is InChI=1S/C15H18N2O4/c1-3-4-5-13(18)17-12-8-6-11(7-9-12)14(19)16-10(2)15(20)21/h3,6-10H,1,4-5H2,2H3,(H,16,19)(H,17,18)(H,20,21). The van der Waals surface area contributed by atoms with Crippen LogP contribution >= 0.6 is 0 Å². The SMILES string of the molecule is C=CCCC(=O)Nc1ccc(C(=O)NC(C)C(=O)O)cc1. The Balaban J connectivity index is 2.61. The Morgan fingerprint density at radius 3 is 2.43 bits per heavy atom. The molecule has 1 rings (SSSR count). The summed E-state index contributed by atoms with van der Waals surface area (Å²) in [5.41, 5.74) is 0.902. The van der Waals surface area contributed by atoms with Crippen molar-refractivity contribution >= 4 is 23.5 Å². The van der Waals surface area contributed by atoms with Crippen molar-refractivity contribution in [2.24, 2.45) is 0 Å². The predicted molar refractivity (Wildman–Crippen MR) is 79.1 cm³/mol. The molecule has 0 saturated heterocycles. The Morgan fingerprint density at radius 2 is 1.90 bits per heavy atom. The first-order valence-corrected chi connectivity index (χ1v) is 6.48. The maximum atomic E-state index is 11.8. The third kappa shape index (κ3) is 5.48. The molecule has 1 unspecified atom stereocenters. The van der Waals surface area contributed by atoms with E-state index in [-0.39, 0.29) is 5.91 Å². The third-order valence-corrected chi connectivity index (χ3v) is 2.72. The highest BCUT2D eigenvalue weighted by Crippen LogP contribution is 2.10. The molecule has 0 spiro atoms. The number of amides is 2. The number of aliphatic carboxylic acids is 1. The lowest BCUT2D eigenvalue weighted by atomic mass is 10.1. The fourth-order valence-electron chi connectivity index (χ4n) is 1.50. The van der Waals surface area contributed by atoms with Gasteiger partial charge in [0.15, 0.2) is 0 Å². The zero-order valence-electron chi connectivity index (χ0n) is 11.8. The van der Waals surface area contributed by atoms with Gasteiger partial charge in [-0.05, 0) is 37.6 Å². The summed E-state index contributed by atoms with van der Waals surface area (Å²) in [5.74, 6) is -1.71. The molecular weight excluding hydrogens is 272 g/mol. The van der Waals surface area contributed by atoms with Gasteiger partial charge in [-0.1, -0.05) is 6.08 Å². The summed E-state index contributed by atoms with van der Waals surface area (Å²) >= 11 is 0. The first-order chi connectivity index (χ1) is 9.93. The molecule has 6 nitrogen and oxygen atoms in total. The van der Waals surface area contributed by atoms with Crippen molar-refractivity contribution in [3.8, 4) is 0 Å². The third-order valence-electron chi connectivity index (χ3n) is 2.72. The van der Waals surface area contributed by atoms with Crippen LogP contribution < -0.4 is 10.6 Å². The Morgan fingerprint density at radius 1 is 1.29 bits per heavy atom. The number of carbonyl (C=O) groups is 3. The van der Waals surface area contributed by atoms with E-state index in [2.05, 4.69) is 17.2 Å². The summed E-state index contributed by atoms with van der Waals surface area (Å²) in [4.78, 5) is 33.9. The zero-order chi connectivity index (χ0) is 15.8. The van der Waals surface area contributed by atoms with Crippen molar-refractivity contribution in [2.75, 3.05) is 5.32 Å². The largest absolute Gasteiger partial charge is 0.480 e. The van der Waals surface area contributed by atoms with E-state index < -0.39 is 17.9 Å². The van der Waals surface area contributed by atoms with Crippen LogP contribution in [0, 0.1) is 0 Å². The maximum absolute atomic E-state index is 11.8. The second kappa shape index (κ2) is 7.84. The number of benzene rings is 1. The molecule has 0 aliphatic heterocycles. The summed E-state index contributed by atoms with van der Waals surface area (Å²) in [6.45, 7) is 4.92. The zero-order valence-corrected chi connectivity index (χ0v) is 11.8. The van der Waals surface area contributed by atoms with Crippen molar-refractivity contribution in [3.63, 3.8) is 0 Å². The topological polar surface area (TPSA) is 95.5 Å². The van der Waals surface area contributed by atoms with Crippen LogP contribution in [0.3, 0.4) is 0 Å². The van der Waals surface area contributed by atoms with Crippen LogP contribution in [0.4, 0.5) is 5.69 Å². The van der Waals surface area contributed by atoms with Gasteiger partial charge in [-0.25, -0.2) is 0 Å². The van der Waals surface area contributed by atoms with Crippen molar-refractivity contribution in [1.82, 2.24) is 5.32 Å². The monoisotopic (exact) mass is 290 g/mol. The van der Waals surface area contributed by atoms with E-state index >= 15 is 0 Å². The number of hydrogen-bond donors (Lipinski definition) is 3. The molecule has 0 aliphatic rings. The first-order valence-electron chi connectivity index (χ1n) is 6.48. The second-order valence-corrected chi connectivity index (χ2v) is 4.49. The fraction of sp³-hybridized carbons (Fsp3) is 0.267. The maximum Gasteiger partial charge on any atom is 0.325 e. The summed E-state index contributed by atoms with van der Waals surface area (Å²) in [6.07, 6.45) is 2.61. The number of allylic oxidation sites excluding steroid dienone is 1. The number of hydrogen-bond acceptors (Lipinski definition) is 3. The molecule has 0 heterocycles. The summed E-state index contributed by atoms with van der Waals surface area (Å²) in [7, 11) is 0. The smallest absolute Gasteiger partial charge is 0.325 e. The summed E-state index contributed by atoms with van der Waals surface area (Å²) in [6, 6.07) is 5.26. The van der Waals surface area contributed by atoms with Crippen LogP contribution in [0.25, 0.3) is 0 Å². The lowest BCUT2D eigenvalue weighted by molar-refractivity contribution is -0.138. The van der Waals surface area contributed by atoms with Gasteiger partial charge in [0.1, 0.15) is 6.04 Å². The van der Waals surface area contributed by atoms with Gasteiger partial charge in [0, 0.05) is 17.7 Å². The first kappa shape index (κ1) is 16.4. The van der Waals surface area contributed by atoms with Gasteiger partial charge < -0.3 is 15.7 Å². The fourth-order valence-corrected chi connectivity index (χ4v) is 1.50. The number of anilines is 1. The van der Waals surface area contributed by atoms with Gasteiger partial charge in [0.05, 0.1) is 0 Å². The molecule has 1 aromatic carbocycles. The van der Waals surface area contributed by atoms with Crippen molar-refractivity contribution in [2.45, 2.75) is 25.8 Å². The summed E-state index contributed by atoms with van der Waals surface area (Å²) < 4.78 is 0. The Kier molecular flexibility index (Phi) is 6.13. The van der Waals surface area contributed by atoms with E-state index in [9.17, 15) is 14.4 Å². The number of rotatable bonds is 7. The average molecular weight is 290 g/mol. The summed E-state index contributed by atoms with van der Waals surface area (Å²) in [5, 5.41) is 13.8. The van der Waals surface area contributed by atoms with E-state index in [0.29, 0.717) is 24.1 Å². The second-order valence-electron chi connectivity index (χ2n) is 4.49. The minimum absolute atomic E-state index is 0.133. The van der Waals surface area contributed by atoms with Gasteiger partial charge >= 0.3 is 5.97 Å². The minimum atomic E-state index is -1.10. The average Bonchev–Trinajstić information content (AvgIpc) is 2.45. The molecule has 1 atom stereocenters. The predicted octanol–water partition coefficient (Wildman–Crippen LogP) is 1.79. The number of nitrogens with one attached hydrogen (secondary N) is 2. The highest BCUT2D eigenvalue weighted by molar-refractivity contribution is 5.97. The van der Waals surface area contributed by atoms with Gasteiger partial charge in [0.2, 0.25) is 5.91 Å². The Labute approximate surface area is 122 Å². The molecule has 2 amide bonds. The van der Waals surface area contributed by atoms with E-state index in [4.69, 9.17) is 5.11 Å². The van der Waals surface area contributed by atoms with Gasteiger partial charge in [-0.3, -0.25) is 14.4 Å². The molecule has 0 saturated carbocycles. The number of carbonyl (C=O) groups excluding carboxylic acids is 2. The molecule has 3 N–H and O–H groups in total. The van der Waals surface area contributed by atoms with Gasteiger partial charge in [-0.2, -0.15) is 0 Å². The van der Waals surface area contributed by atoms with Crippen LogP contribution in [0.15, 0.2) is 36.9 Å². The van der Waals surface area contributed by atoms with E-state index in [1.165, 1.54) is 19.1 Å². The molecule has 0 aliphatic carbocycles. The van der Waals surface area contributed by atoms with E-state index in [0.717, 1.165) is 0 Å². The Hall–Kier alpha value is -2.63. The molecule has 0 aromatic heterocycles. The van der Waals surface area contributed by atoms with Crippen LogP contribution in [0.5, 0.6) is 0 Å². The lowest BCUT2D eigenvalue weighted by Crippen LogP contribution is -2.38. The van der Waals surface area contributed by atoms with Crippen LogP contribution in [0.2, 0.25) is 0 Å². The van der Waals surface area contributed by atoms with Gasteiger partial charge in [0.25, 0.3) is 5.91 Å². The molecule has 0 radical (unpaired) electrons. The Bertz CT molecular complexity index is 537. The van der Waals surface area contributed by atoms with Crippen molar-refractivity contribution in [3.05, 3.63) is 42.5 Å². The van der Waals surface area contributed by atoms with E-state index in [1.807, 2.05) is 0 Å². The molecule has 6 heteroatoms. The molecular formula is C15H18N2O4. The van der Waals surface area contributed by atoms with Crippen LogP contribution in [-0.2, 0) is 9.59 Å². The van der Waals surface area contributed by atoms with Gasteiger partial charge in [-0.15, -0.1) is 6.58 Å². The molecule has 0 bridgehead atoms. The molecule has 21 heavy (non-hydrogen) atoms. The number of carboxylic acids is 1. The highest BCUT2D eigenvalue weighted by Gasteiger charge is 2.15. The van der Waals surface area contributed by atoms with Crippen LogP contribution in [0.1, 0.15) is 30.1 Å². The molecule has 0 fully saturated rings. The molecule has 1 aromatic rings.